The number of rotatable bonds is 2. The molecule has 1 aliphatic heterocycles. The van der Waals surface area contributed by atoms with Crippen molar-refractivity contribution in [3.05, 3.63) is 0 Å². The van der Waals surface area contributed by atoms with Crippen molar-refractivity contribution in [1.29, 1.82) is 0 Å². The Hall–Kier alpha value is -0.620. The van der Waals surface area contributed by atoms with Gasteiger partial charge in [-0.2, -0.15) is 0 Å². The molecule has 2 rings (SSSR count). The Balaban J connectivity index is 1.95. The smallest absolute Gasteiger partial charge is 0.250 e. The number of nitrogens with one attached hydrogen (secondary N) is 2. The quantitative estimate of drug-likeness (QED) is 0.718. The van der Waals surface area contributed by atoms with Gasteiger partial charge in [-0.15, -0.1) is 0 Å². The van der Waals surface area contributed by atoms with Crippen LogP contribution in [0.15, 0.2) is 0 Å². The highest BCUT2D eigenvalue weighted by Gasteiger charge is 2.38. The number of carbonyl (C=O) groups is 1. The Morgan fingerprint density at radius 1 is 1.31 bits per heavy atom. The van der Waals surface area contributed by atoms with Crippen LogP contribution in [0.3, 0.4) is 0 Å². The number of fused-ring (bicyclic) bond motifs is 1. The molecular formula is C10H18N2O3S. The summed E-state index contributed by atoms with van der Waals surface area (Å²) in [5.74, 6) is 0.140. The van der Waals surface area contributed by atoms with Crippen LogP contribution in [0, 0.1) is 5.92 Å². The van der Waals surface area contributed by atoms with Gasteiger partial charge in [0.05, 0.1) is 12.3 Å². The lowest BCUT2D eigenvalue weighted by molar-refractivity contribution is -0.121. The molecule has 2 N–H and O–H groups in total. The van der Waals surface area contributed by atoms with Crippen molar-refractivity contribution < 1.29 is 13.2 Å². The standard InChI is InChI=1S/C10H18N2O3S/c1-16(14,15)12-10(13)9-6-7-4-2-3-5-8(7)11-9/h7-9,11H,2-6H2,1H3,(H,12,13)/t7-,8-,9?/m0/s1. The minimum atomic E-state index is -3.43. The van der Waals surface area contributed by atoms with Crippen molar-refractivity contribution in [1.82, 2.24) is 10.0 Å². The van der Waals surface area contributed by atoms with Crippen molar-refractivity contribution in [2.75, 3.05) is 6.26 Å². The van der Waals surface area contributed by atoms with Gasteiger partial charge >= 0.3 is 0 Å². The van der Waals surface area contributed by atoms with Crippen LogP contribution in [0.5, 0.6) is 0 Å². The molecule has 16 heavy (non-hydrogen) atoms. The van der Waals surface area contributed by atoms with Crippen LogP contribution in [0.25, 0.3) is 0 Å². The second-order valence-corrected chi connectivity index (χ2v) is 6.59. The molecule has 2 aliphatic rings. The normalized spacial score (nSPS) is 34.4. The maximum atomic E-state index is 11.7. The van der Waals surface area contributed by atoms with Crippen molar-refractivity contribution >= 4 is 15.9 Å². The molecule has 1 aliphatic carbocycles. The first kappa shape index (κ1) is 11.9. The van der Waals surface area contributed by atoms with E-state index < -0.39 is 15.9 Å². The van der Waals surface area contributed by atoms with Crippen LogP contribution in [0.4, 0.5) is 0 Å². The zero-order valence-corrected chi connectivity index (χ0v) is 10.2. The molecule has 3 atom stereocenters. The van der Waals surface area contributed by atoms with E-state index in [0.29, 0.717) is 12.0 Å². The number of carbonyl (C=O) groups excluding carboxylic acids is 1. The van der Waals surface area contributed by atoms with E-state index in [9.17, 15) is 13.2 Å². The average Bonchev–Trinajstić information content (AvgIpc) is 2.58. The molecule has 0 aromatic carbocycles. The van der Waals surface area contributed by atoms with E-state index in [1.807, 2.05) is 4.72 Å². The summed E-state index contributed by atoms with van der Waals surface area (Å²) in [4.78, 5) is 11.7. The van der Waals surface area contributed by atoms with Crippen molar-refractivity contribution in [2.24, 2.45) is 5.92 Å². The lowest BCUT2D eigenvalue weighted by Gasteiger charge is -2.24. The molecule has 6 heteroatoms. The monoisotopic (exact) mass is 246 g/mol. The summed E-state index contributed by atoms with van der Waals surface area (Å²) in [6.07, 6.45) is 6.46. The molecule has 1 amide bonds. The molecule has 1 saturated heterocycles. The predicted octanol–water partition coefficient (Wildman–Crippen LogP) is -0.0171. The van der Waals surface area contributed by atoms with Gasteiger partial charge in [0, 0.05) is 6.04 Å². The van der Waals surface area contributed by atoms with Gasteiger partial charge in [0.25, 0.3) is 5.91 Å². The van der Waals surface area contributed by atoms with Gasteiger partial charge in [0.15, 0.2) is 0 Å². The molecule has 92 valence electrons. The fourth-order valence-electron chi connectivity index (χ4n) is 2.77. The molecule has 1 heterocycles. The lowest BCUT2D eigenvalue weighted by atomic mass is 9.85. The minimum Gasteiger partial charge on any atom is -0.303 e. The molecule has 0 aromatic heterocycles. The van der Waals surface area contributed by atoms with E-state index in [1.165, 1.54) is 12.8 Å². The molecule has 2 fully saturated rings. The lowest BCUT2D eigenvalue weighted by Crippen LogP contribution is -2.44. The van der Waals surface area contributed by atoms with E-state index in [1.54, 1.807) is 0 Å². The highest BCUT2D eigenvalue weighted by molar-refractivity contribution is 7.89. The van der Waals surface area contributed by atoms with Crippen LogP contribution in [0.2, 0.25) is 0 Å². The third kappa shape index (κ3) is 2.74. The number of hydrogen-bond donors (Lipinski definition) is 2. The number of hydrogen-bond acceptors (Lipinski definition) is 4. The number of amides is 1. The first-order valence-electron chi connectivity index (χ1n) is 5.73. The summed E-state index contributed by atoms with van der Waals surface area (Å²) < 4.78 is 23.9. The summed E-state index contributed by atoms with van der Waals surface area (Å²) >= 11 is 0. The highest BCUT2D eigenvalue weighted by atomic mass is 32.2. The first-order chi connectivity index (χ1) is 7.46. The average molecular weight is 246 g/mol. The van der Waals surface area contributed by atoms with Crippen LogP contribution >= 0.6 is 0 Å². The van der Waals surface area contributed by atoms with E-state index >= 15 is 0 Å². The van der Waals surface area contributed by atoms with Crippen molar-refractivity contribution in [3.8, 4) is 0 Å². The Morgan fingerprint density at radius 3 is 2.62 bits per heavy atom. The van der Waals surface area contributed by atoms with Gasteiger partial charge < -0.3 is 5.32 Å². The summed E-state index contributed by atoms with van der Waals surface area (Å²) in [6.45, 7) is 0. The van der Waals surface area contributed by atoms with Crippen LogP contribution < -0.4 is 10.0 Å². The van der Waals surface area contributed by atoms with E-state index in [4.69, 9.17) is 0 Å². The maximum absolute atomic E-state index is 11.7. The van der Waals surface area contributed by atoms with E-state index in [2.05, 4.69) is 5.32 Å². The molecule has 0 bridgehead atoms. The molecule has 0 radical (unpaired) electrons. The second kappa shape index (κ2) is 4.33. The largest absolute Gasteiger partial charge is 0.303 e. The molecule has 0 aromatic rings. The Kier molecular flexibility index (Phi) is 3.21. The summed E-state index contributed by atoms with van der Waals surface area (Å²) in [6, 6.07) is 0.0758. The fourth-order valence-corrected chi connectivity index (χ4v) is 3.28. The van der Waals surface area contributed by atoms with Gasteiger partial charge in [-0.3, -0.25) is 9.52 Å². The van der Waals surface area contributed by atoms with Gasteiger partial charge in [-0.25, -0.2) is 8.42 Å². The van der Waals surface area contributed by atoms with Gasteiger partial charge in [0.2, 0.25) is 10.0 Å². The van der Waals surface area contributed by atoms with Gasteiger partial charge in [-0.05, 0) is 25.2 Å². The zero-order valence-electron chi connectivity index (χ0n) is 9.40. The van der Waals surface area contributed by atoms with Crippen LogP contribution in [0.1, 0.15) is 32.1 Å². The summed E-state index contributed by atoms with van der Waals surface area (Å²) in [5, 5.41) is 3.24. The van der Waals surface area contributed by atoms with E-state index in [0.717, 1.165) is 25.5 Å². The number of sulfonamides is 1. The molecule has 1 unspecified atom stereocenters. The third-order valence-corrected chi connectivity index (χ3v) is 4.04. The fraction of sp³-hybridized carbons (Fsp3) is 0.900. The van der Waals surface area contributed by atoms with Gasteiger partial charge in [-0.1, -0.05) is 12.8 Å². The molecular weight excluding hydrogens is 228 g/mol. The Morgan fingerprint density at radius 2 is 2.00 bits per heavy atom. The van der Waals surface area contributed by atoms with Gasteiger partial charge in [0.1, 0.15) is 0 Å². The maximum Gasteiger partial charge on any atom is 0.250 e. The van der Waals surface area contributed by atoms with Crippen LogP contribution in [-0.4, -0.2) is 32.7 Å². The third-order valence-electron chi connectivity index (χ3n) is 3.47. The minimum absolute atomic E-state index is 0.331. The Bertz CT molecular complexity index is 366. The summed E-state index contributed by atoms with van der Waals surface area (Å²) in [7, 11) is -3.43. The van der Waals surface area contributed by atoms with E-state index in [-0.39, 0.29) is 6.04 Å². The van der Waals surface area contributed by atoms with Crippen molar-refractivity contribution in [2.45, 2.75) is 44.2 Å². The molecule has 1 saturated carbocycles. The van der Waals surface area contributed by atoms with Crippen molar-refractivity contribution in [3.63, 3.8) is 0 Å². The SMILES string of the molecule is CS(=O)(=O)NC(=O)C1C[C@@H]2CCCC[C@@H]2N1. The Labute approximate surface area is 96.0 Å². The first-order valence-corrected chi connectivity index (χ1v) is 7.62. The molecule has 5 nitrogen and oxygen atoms in total. The van der Waals surface area contributed by atoms with Crippen LogP contribution in [-0.2, 0) is 14.8 Å². The predicted molar refractivity (Wildman–Crippen MR) is 60.3 cm³/mol. The molecule has 0 spiro atoms. The topological polar surface area (TPSA) is 75.3 Å². The highest BCUT2D eigenvalue weighted by Crippen LogP contribution is 2.33. The second-order valence-electron chi connectivity index (χ2n) is 4.84. The zero-order chi connectivity index (χ0) is 11.8. The summed E-state index contributed by atoms with van der Waals surface area (Å²) in [5.41, 5.74) is 0.